The summed E-state index contributed by atoms with van der Waals surface area (Å²) in [6, 6.07) is 16.9. The van der Waals surface area contributed by atoms with Crippen molar-refractivity contribution in [1.82, 2.24) is 5.01 Å². The lowest BCUT2D eigenvalue weighted by Crippen LogP contribution is -2.32. The summed E-state index contributed by atoms with van der Waals surface area (Å²) < 4.78 is 0. The third kappa shape index (κ3) is 5.03. The van der Waals surface area contributed by atoms with Crippen molar-refractivity contribution in [2.45, 2.75) is 25.3 Å². The number of benzene rings is 3. The number of nitro benzene ring substituents is 2. The summed E-state index contributed by atoms with van der Waals surface area (Å²) in [5, 5.41) is 30.1. The van der Waals surface area contributed by atoms with Gasteiger partial charge in [0.1, 0.15) is 0 Å². The summed E-state index contributed by atoms with van der Waals surface area (Å²) in [7, 11) is 0. The fourth-order valence-corrected chi connectivity index (χ4v) is 5.24. The van der Waals surface area contributed by atoms with Crippen LogP contribution in [-0.4, -0.2) is 26.5 Å². The van der Waals surface area contributed by atoms with E-state index < -0.39 is 33.2 Å². The van der Waals surface area contributed by atoms with Crippen molar-refractivity contribution in [3.8, 4) is 0 Å². The number of halogens is 2. The van der Waals surface area contributed by atoms with Gasteiger partial charge in [0.2, 0.25) is 0 Å². The van der Waals surface area contributed by atoms with Gasteiger partial charge in [-0.15, -0.1) is 0 Å². The monoisotopic (exact) mass is 550 g/mol. The van der Waals surface area contributed by atoms with Gasteiger partial charge >= 0.3 is 0 Å². The third-order valence-electron chi connectivity index (χ3n) is 6.70. The summed E-state index contributed by atoms with van der Waals surface area (Å²) in [6.45, 7) is 0. The highest BCUT2D eigenvalue weighted by Gasteiger charge is 2.44. The van der Waals surface area contributed by atoms with Crippen LogP contribution in [0.2, 0.25) is 10.0 Å². The number of fused-ring (bicyclic) bond motifs is 1. The molecule has 0 aromatic heterocycles. The number of carbonyl (C=O) groups is 1. The number of hydrazone groups is 1. The zero-order valence-corrected chi connectivity index (χ0v) is 21.3. The van der Waals surface area contributed by atoms with E-state index in [1.165, 1.54) is 5.01 Å². The number of nitro groups is 2. The Balaban J connectivity index is 1.61. The van der Waals surface area contributed by atoms with E-state index in [2.05, 4.69) is 0 Å². The van der Waals surface area contributed by atoms with Gasteiger partial charge in [-0.3, -0.25) is 25.0 Å². The molecule has 1 fully saturated rings. The highest BCUT2D eigenvalue weighted by Crippen LogP contribution is 2.45. The molecule has 1 aliphatic heterocycles. The second-order valence-electron chi connectivity index (χ2n) is 9.10. The van der Waals surface area contributed by atoms with Gasteiger partial charge in [0.25, 0.3) is 17.3 Å². The molecule has 1 aliphatic carbocycles. The predicted octanol–water partition coefficient (Wildman–Crippen LogP) is 7.25. The number of amides is 1. The zero-order valence-electron chi connectivity index (χ0n) is 19.8. The molecule has 1 saturated carbocycles. The molecule has 192 valence electrons. The predicted molar refractivity (Wildman–Crippen MR) is 144 cm³/mol. The first-order chi connectivity index (χ1) is 18.2. The highest BCUT2D eigenvalue weighted by atomic mass is 35.5. The van der Waals surface area contributed by atoms with E-state index in [0.29, 0.717) is 10.0 Å². The molecular weight excluding hydrogens is 531 g/mol. The first-order valence-electron chi connectivity index (χ1n) is 11.8. The molecule has 0 radical (unpaired) electrons. The Bertz CT molecular complexity index is 1470. The molecule has 1 amide bonds. The van der Waals surface area contributed by atoms with Gasteiger partial charge in [-0.1, -0.05) is 47.5 Å². The van der Waals surface area contributed by atoms with E-state index in [1.54, 1.807) is 24.3 Å². The lowest BCUT2D eigenvalue weighted by molar-refractivity contribution is -0.394. The van der Waals surface area contributed by atoms with Crippen LogP contribution < -0.4 is 0 Å². The molecular formula is C27H20Cl2N4O5. The number of allylic oxidation sites excluding steroid dienone is 1. The minimum atomic E-state index is -0.761. The molecule has 3 aromatic rings. The van der Waals surface area contributed by atoms with Crippen LogP contribution >= 0.6 is 23.2 Å². The van der Waals surface area contributed by atoms with Gasteiger partial charge in [0, 0.05) is 28.1 Å². The molecule has 11 heteroatoms. The van der Waals surface area contributed by atoms with Crippen LogP contribution in [0.3, 0.4) is 0 Å². The van der Waals surface area contributed by atoms with Crippen molar-refractivity contribution in [3.05, 3.63) is 119 Å². The molecule has 1 heterocycles. The largest absolute Gasteiger partial charge is 0.277 e. The van der Waals surface area contributed by atoms with Gasteiger partial charge in [0.05, 0.1) is 33.2 Å². The second-order valence-corrected chi connectivity index (χ2v) is 9.98. The van der Waals surface area contributed by atoms with Gasteiger partial charge in [-0.25, -0.2) is 5.01 Å². The molecule has 2 atom stereocenters. The number of hydrogen-bond donors (Lipinski definition) is 0. The van der Waals surface area contributed by atoms with Crippen LogP contribution in [0.5, 0.6) is 0 Å². The standard InChI is InChI=1S/C27H20Cl2N4O5/c28-20-8-4-16(5-9-20)12-18-2-1-3-24-25(18)30-31(26(24)17-6-10-21(29)11-7-17)27(34)19-13-22(32(35)36)15-23(14-19)33(37)38/h4-15,24,26H,1-3H2/b18-12+/t24-,26-/m1/s1. The average Bonchev–Trinajstić information content (AvgIpc) is 3.30. The smallest absolute Gasteiger partial charge is 0.267 e. The first-order valence-corrected chi connectivity index (χ1v) is 12.5. The Morgan fingerprint density at radius 1 is 0.921 bits per heavy atom. The lowest BCUT2D eigenvalue weighted by atomic mass is 9.77. The highest BCUT2D eigenvalue weighted by molar-refractivity contribution is 6.30. The minimum Gasteiger partial charge on any atom is -0.267 e. The maximum absolute atomic E-state index is 13.8. The van der Waals surface area contributed by atoms with Crippen LogP contribution in [-0.2, 0) is 0 Å². The Morgan fingerprint density at radius 2 is 1.50 bits per heavy atom. The number of hydrogen-bond acceptors (Lipinski definition) is 6. The van der Waals surface area contributed by atoms with Crippen molar-refractivity contribution in [2.75, 3.05) is 0 Å². The summed E-state index contributed by atoms with van der Waals surface area (Å²) in [6.07, 6.45) is 4.42. The topological polar surface area (TPSA) is 119 Å². The van der Waals surface area contributed by atoms with E-state index in [9.17, 15) is 25.0 Å². The van der Waals surface area contributed by atoms with Crippen molar-refractivity contribution in [3.63, 3.8) is 0 Å². The molecule has 0 bridgehead atoms. The normalized spacial score (nSPS) is 19.7. The molecule has 0 saturated heterocycles. The maximum atomic E-state index is 13.8. The molecule has 9 nitrogen and oxygen atoms in total. The Morgan fingerprint density at radius 3 is 2.08 bits per heavy atom. The number of nitrogens with zero attached hydrogens (tertiary/aromatic N) is 4. The summed E-state index contributed by atoms with van der Waals surface area (Å²) in [5.74, 6) is -0.800. The van der Waals surface area contributed by atoms with E-state index in [1.807, 2.05) is 30.3 Å². The number of non-ortho nitro benzene ring substituents is 2. The van der Waals surface area contributed by atoms with E-state index in [-0.39, 0.29) is 11.5 Å². The molecule has 38 heavy (non-hydrogen) atoms. The fourth-order valence-electron chi connectivity index (χ4n) is 4.98. The van der Waals surface area contributed by atoms with Crippen LogP contribution in [0.25, 0.3) is 6.08 Å². The molecule has 2 aliphatic rings. The number of carbonyl (C=O) groups excluding carboxylic acids is 1. The van der Waals surface area contributed by atoms with Gasteiger partial charge < -0.3 is 0 Å². The quantitative estimate of drug-likeness (QED) is 0.245. The van der Waals surface area contributed by atoms with E-state index in [4.69, 9.17) is 28.3 Å². The average molecular weight is 551 g/mol. The molecule has 0 unspecified atom stereocenters. The zero-order chi connectivity index (χ0) is 27.0. The summed E-state index contributed by atoms with van der Waals surface area (Å²) >= 11 is 12.1. The van der Waals surface area contributed by atoms with E-state index >= 15 is 0 Å². The summed E-state index contributed by atoms with van der Waals surface area (Å²) in [5.41, 5.74) is 2.18. The van der Waals surface area contributed by atoms with Gasteiger partial charge in [0.15, 0.2) is 0 Å². The van der Waals surface area contributed by atoms with Crippen LogP contribution in [0.4, 0.5) is 11.4 Å². The molecule has 0 N–H and O–H groups in total. The van der Waals surface area contributed by atoms with Crippen LogP contribution in [0, 0.1) is 26.1 Å². The molecule has 0 spiro atoms. The number of rotatable bonds is 5. The Labute approximate surface area is 227 Å². The third-order valence-corrected chi connectivity index (χ3v) is 7.21. The Hall–Kier alpha value is -4.08. The van der Waals surface area contributed by atoms with Crippen molar-refractivity contribution in [2.24, 2.45) is 11.0 Å². The second kappa shape index (κ2) is 10.4. The minimum absolute atomic E-state index is 0.138. The maximum Gasteiger partial charge on any atom is 0.277 e. The lowest BCUT2D eigenvalue weighted by Gasteiger charge is -2.29. The van der Waals surface area contributed by atoms with Crippen molar-refractivity contribution < 1.29 is 14.6 Å². The Kier molecular flexibility index (Phi) is 6.96. The fraction of sp³-hybridized carbons (Fsp3) is 0.185. The van der Waals surface area contributed by atoms with E-state index in [0.717, 1.165) is 59.9 Å². The van der Waals surface area contributed by atoms with Gasteiger partial charge in [-0.05, 0) is 66.3 Å². The molecule has 5 rings (SSSR count). The van der Waals surface area contributed by atoms with Crippen LogP contribution in [0.1, 0.15) is 46.8 Å². The SMILES string of the molecule is O=C(c1cc([N+](=O)[O-])cc([N+](=O)[O-])c1)N1N=C2/C(=C/c3ccc(Cl)cc3)CCC[C@H]2[C@H]1c1ccc(Cl)cc1. The first kappa shape index (κ1) is 25.6. The van der Waals surface area contributed by atoms with Crippen molar-refractivity contribution >= 4 is 52.3 Å². The van der Waals surface area contributed by atoms with Crippen LogP contribution in [0.15, 0.2) is 77.4 Å². The van der Waals surface area contributed by atoms with Crippen molar-refractivity contribution in [1.29, 1.82) is 0 Å². The summed E-state index contributed by atoms with van der Waals surface area (Å²) in [4.78, 5) is 35.2. The van der Waals surface area contributed by atoms with Gasteiger partial charge in [-0.2, -0.15) is 5.10 Å². The molecule has 3 aromatic carbocycles.